The predicted octanol–water partition coefficient (Wildman–Crippen LogP) is 0.265. The lowest BCUT2D eigenvalue weighted by atomic mass is 10.3. The summed E-state index contributed by atoms with van der Waals surface area (Å²) in [5.41, 5.74) is 0. The predicted molar refractivity (Wildman–Crippen MR) is 77.6 cm³/mol. The molecular weight excluding hydrogens is 315 g/mol. The van der Waals surface area contributed by atoms with Crippen LogP contribution in [0.3, 0.4) is 0 Å². The second kappa shape index (κ2) is 8.66. The lowest BCUT2D eigenvalue weighted by Gasteiger charge is -2.09. The lowest BCUT2D eigenvalue weighted by molar-refractivity contribution is -0.122. The molecule has 0 spiro atoms. The Morgan fingerprint density at radius 1 is 1.36 bits per heavy atom. The summed E-state index contributed by atoms with van der Waals surface area (Å²) in [6.07, 6.45) is 0.505. The second-order valence-corrected chi connectivity index (χ2v) is 6.07. The van der Waals surface area contributed by atoms with Gasteiger partial charge in [0.05, 0.1) is 4.90 Å². The number of sulfonamides is 1. The molecule has 1 aromatic carbocycles. The maximum Gasteiger partial charge on any atom is 0.257 e. The van der Waals surface area contributed by atoms with Crippen LogP contribution >= 0.6 is 0 Å². The average Bonchev–Trinajstić information content (AvgIpc) is 2.50. The molecule has 0 heterocycles. The summed E-state index contributed by atoms with van der Waals surface area (Å²) in [7, 11) is -0.857. The fraction of sp³-hybridized carbons (Fsp3) is 0.462. The van der Waals surface area contributed by atoms with Crippen LogP contribution in [0.4, 0.5) is 4.39 Å². The van der Waals surface area contributed by atoms with Crippen molar-refractivity contribution in [1.29, 1.82) is 0 Å². The van der Waals surface area contributed by atoms with Crippen LogP contribution in [0.5, 0.6) is 5.75 Å². The maximum atomic E-state index is 13.8. The molecule has 0 radical (unpaired) electrons. The van der Waals surface area contributed by atoms with Crippen LogP contribution in [0, 0.1) is 5.82 Å². The molecule has 0 atom stereocenters. The van der Waals surface area contributed by atoms with Crippen LogP contribution in [0.1, 0.15) is 6.42 Å². The maximum absolute atomic E-state index is 13.8. The monoisotopic (exact) mass is 334 g/mol. The van der Waals surface area contributed by atoms with Crippen molar-refractivity contribution in [3.05, 3.63) is 24.0 Å². The van der Waals surface area contributed by atoms with Crippen molar-refractivity contribution >= 4 is 15.9 Å². The highest BCUT2D eigenvalue weighted by atomic mass is 32.2. The molecule has 0 aromatic heterocycles. The van der Waals surface area contributed by atoms with Crippen LogP contribution in [0.25, 0.3) is 0 Å². The van der Waals surface area contributed by atoms with Gasteiger partial charge in [0.25, 0.3) is 5.91 Å². The second-order valence-electron chi connectivity index (χ2n) is 4.30. The Kier molecular flexibility index (Phi) is 7.22. The van der Waals surface area contributed by atoms with E-state index in [1.807, 2.05) is 0 Å². The lowest BCUT2D eigenvalue weighted by Crippen LogP contribution is -2.26. The summed E-state index contributed by atoms with van der Waals surface area (Å²) in [6.45, 7) is 0.255. The number of carbonyl (C=O) groups excluding carboxylic acids is 1. The molecule has 0 unspecified atom stereocenters. The van der Waals surface area contributed by atoms with Crippen molar-refractivity contribution in [2.24, 2.45) is 0 Å². The van der Waals surface area contributed by atoms with Gasteiger partial charge in [-0.05, 0) is 24.6 Å². The van der Waals surface area contributed by atoms with Gasteiger partial charge in [0, 0.05) is 27.3 Å². The molecule has 0 bridgehead atoms. The number of likely N-dealkylation sites (N-methyl/N-ethyl adjacent to an activating group) is 1. The van der Waals surface area contributed by atoms with Gasteiger partial charge < -0.3 is 14.8 Å². The van der Waals surface area contributed by atoms with Crippen molar-refractivity contribution in [1.82, 2.24) is 10.0 Å². The van der Waals surface area contributed by atoms with Crippen LogP contribution in [-0.2, 0) is 19.6 Å². The first kappa shape index (κ1) is 18.3. The highest BCUT2D eigenvalue weighted by Crippen LogP contribution is 2.21. The zero-order valence-corrected chi connectivity index (χ0v) is 13.2. The third-order valence-corrected chi connectivity index (χ3v) is 4.13. The normalized spacial score (nSPS) is 11.2. The summed E-state index contributed by atoms with van der Waals surface area (Å²) < 4.78 is 49.8. The van der Waals surface area contributed by atoms with Gasteiger partial charge in [-0.3, -0.25) is 4.79 Å². The van der Waals surface area contributed by atoms with E-state index in [0.29, 0.717) is 13.0 Å². The van der Waals surface area contributed by atoms with E-state index in [1.54, 1.807) is 0 Å². The number of methoxy groups -OCH3 is 1. The Bertz CT molecular complexity index is 606. The van der Waals surface area contributed by atoms with E-state index in [1.165, 1.54) is 26.3 Å². The molecule has 0 aliphatic heterocycles. The summed E-state index contributed by atoms with van der Waals surface area (Å²) in [4.78, 5) is 10.8. The molecule has 22 heavy (non-hydrogen) atoms. The molecule has 0 fully saturated rings. The molecule has 0 saturated carbocycles. The standard InChI is InChI=1S/C13H19FN2O5S/c1-15-13(17)9-21-12-5-4-10(8-11(12)14)22(18,19)16-6-3-7-20-2/h4-5,8,16H,3,6-7,9H2,1-2H3,(H,15,17). The quantitative estimate of drug-likeness (QED) is 0.632. The number of carbonyl (C=O) groups is 1. The fourth-order valence-electron chi connectivity index (χ4n) is 1.49. The average molecular weight is 334 g/mol. The smallest absolute Gasteiger partial charge is 0.257 e. The topological polar surface area (TPSA) is 93.7 Å². The first-order valence-corrected chi connectivity index (χ1v) is 8.00. The molecule has 1 amide bonds. The van der Waals surface area contributed by atoms with E-state index >= 15 is 0 Å². The Balaban J connectivity index is 2.72. The molecule has 2 N–H and O–H groups in total. The third-order valence-electron chi connectivity index (χ3n) is 2.67. The van der Waals surface area contributed by atoms with E-state index in [-0.39, 0.29) is 23.8 Å². The summed E-state index contributed by atoms with van der Waals surface area (Å²) in [6, 6.07) is 3.22. The molecular formula is C13H19FN2O5S. The Morgan fingerprint density at radius 2 is 2.09 bits per heavy atom. The fourth-order valence-corrected chi connectivity index (χ4v) is 2.57. The van der Waals surface area contributed by atoms with Gasteiger partial charge >= 0.3 is 0 Å². The SMILES string of the molecule is CNC(=O)COc1ccc(S(=O)(=O)NCCCOC)cc1F. The highest BCUT2D eigenvalue weighted by Gasteiger charge is 2.16. The van der Waals surface area contributed by atoms with Crippen molar-refractivity contribution in [3.8, 4) is 5.75 Å². The van der Waals surface area contributed by atoms with Gasteiger partial charge in [-0.2, -0.15) is 0 Å². The van der Waals surface area contributed by atoms with E-state index in [0.717, 1.165) is 6.07 Å². The van der Waals surface area contributed by atoms with E-state index in [2.05, 4.69) is 10.0 Å². The number of ether oxygens (including phenoxy) is 2. The minimum Gasteiger partial charge on any atom is -0.481 e. The van der Waals surface area contributed by atoms with Gasteiger partial charge in [-0.1, -0.05) is 0 Å². The first-order valence-electron chi connectivity index (χ1n) is 6.52. The highest BCUT2D eigenvalue weighted by molar-refractivity contribution is 7.89. The van der Waals surface area contributed by atoms with Crippen molar-refractivity contribution in [2.75, 3.05) is 33.9 Å². The molecule has 0 saturated heterocycles. The zero-order chi connectivity index (χ0) is 16.6. The van der Waals surface area contributed by atoms with E-state index in [9.17, 15) is 17.6 Å². The molecule has 9 heteroatoms. The summed E-state index contributed by atoms with van der Waals surface area (Å²) >= 11 is 0. The van der Waals surface area contributed by atoms with Crippen molar-refractivity contribution in [3.63, 3.8) is 0 Å². The zero-order valence-electron chi connectivity index (χ0n) is 12.4. The molecule has 1 rings (SSSR count). The van der Waals surface area contributed by atoms with Crippen molar-refractivity contribution in [2.45, 2.75) is 11.3 Å². The van der Waals surface area contributed by atoms with Gasteiger partial charge in [-0.25, -0.2) is 17.5 Å². The summed E-state index contributed by atoms with van der Waals surface area (Å²) in [5.74, 6) is -1.47. The molecule has 1 aromatic rings. The Labute approximate surface area is 128 Å². The molecule has 0 aliphatic rings. The largest absolute Gasteiger partial charge is 0.481 e. The number of nitrogens with one attached hydrogen (secondary N) is 2. The molecule has 7 nitrogen and oxygen atoms in total. The number of rotatable bonds is 9. The summed E-state index contributed by atoms with van der Waals surface area (Å²) in [5, 5.41) is 2.32. The molecule has 124 valence electrons. The minimum absolute atomic E-state index is 0.187. The number of benzene rings is 1. The van der Waals surface area contributed by atoms with Gasteiger partial charge in [0.2, 0.25) is 10.0 Å². The Morgan fingerprint density at radius 3 is 2.68 bits per heavy atom. The van der Waals surface area contributed by atoms with Crippen molar-refractivity contribution < 1.29 is 27.1 Å². The van der Waals surface area contributed by atoms with Gasteiger partial charge in [0.15, 0.2) is 18.2 Å². The minimum atomic E-state index is -3.80. The van der Waals surface area contributed by atoms with Crippen LogP contribution < -0.4 is 14.8 Å². The number of hydrogen-bond acceptors (Lipinski definition) is 5. The van der Waals surface area contributed by atoms with E-state index < -0.39 is 21.7 Å². The van der Waals surface area contributed by atoms with Crippen LogP contribution in [0.2, 0.25) is 0 Å². The van der Waals surface area contributed by atoms with Crippen LogP contribution in [-0.4, -0.2) is 48.2 Å². The molecule has 0 aliphatic carbocycles. The third kappa shape index (κ3) is 5.58. The number of hydrogen-bond donors (Lipinski definition) is 2. The number of halogens is 1. The Hall–Kier alpha value is -1.71. The van der Waals surface area contributed by atoms with Gasteiger partial charge in [-0.15, -0.1) is 0 Å². The number of amides is 1. The first-order chi connectivity index (χ1) is 10.4. The van der Waals surface area contributed by atoms with Gasteiger partial charge in [0.1, 0.15) is 0 Å². The van der Waals surface area contributed by atoms with Crippen LogP contribution in [0.15, 0.2) is 23.1 Å². The van der Waals surface area contributed by atoms with E-state index in [4.69, 9.17) is 9.47 Å².